The first-order chi connectivity index (χ1) is 7.22. The lowest BCUT2D eigenvalue weighted by atomic mass is 10.1. The summed E-state index contributed by atoms with van der Waals surface area (Å²) in [6.45, 7) is 0. The van der Waals surface area contributed by atoms with Gasteiger partial charge in [-0.15, -0.1) is 0 Å². The van der Waals surface area contributed by atoms with E-state index in [1.165, 1.54) is 13.2 Å². The van der Waals surface area contributed by atoms with Crippen LogP contribution in [0.4, 0.5) is 0 Å². The molecule has 1 aromatic carbocycles. The second-order valence-electron chi connectivity index (χ2n) is 3.24. The Kier molecular flexibility index (Phi) is 4.57. The minimum Gasteiger partial charge on any atom is -0.466 e. The van der Waals surface area contributed by atoms with Gasteiger partial charge in [-0.2, -0.15) is 0 Å². The highest BCUT2D eigenvalue weighted by molar-refractivity contribution is 5.81. The van der Waals surface area contributed by atoms with Gasteiger partial charge in [-0.3, -0.25) is 0 Å². The van der Waals surface area contributed by atoms with Gasteiger partial charge < -0.3 is 10.5 Å². The van der Waals surface area contributed by atoms with E-state index in [9.17, 15) is 4.79 Å². The Labute approximate surface area is 89.5 Å². The van der Waals surface area contributed by atoms with Crippen LogP contribution in [-0.4, -0.2) is 19.1 Å². The second-order valence-corrected chi connectivity index (χ2v) is 3.24. The second kappa shape index (κ2) is 5.98. The van der Waals surface area contributed by atoms with Crippen molar-refractivity contribution in [2.24, 2.45) is 5.73 Å². The molecule has 0 aliphatic rings. The highest BCUT2D eigenvalue weighted by Crippen LogP contribution is 2.02. The summed E-state index contributed by atoms with van der Waals surface area (Å²) in [5.41, 5.74) is 6.97. The predicted octanol–water partition coefficient (Wildman–Crippen LogP) is 1.29. The number of hydrogen-bond donors (Lipinski definition) is 1. The third kappa shape index (κ3) is 4.42. The highest BCUT2D eigenvalue weighted by atomic mass is 16.5. The topological polar surface area (TPSA) is 52.3 Å². The van der Waals surface area contributed by atoms with Crippen LogP contribution < -0.4 is 5.73 Å². The molecular weight excluding hydrogens is 190 g/mol. The molecular formula is C12H15NO2. The van der Waals surface area contributed by atoms with Crippen molar-refractivity contribution in [2.75, 3.05) is 7.11 Å². The standard InChI is InChI=1S/C12H15NO2/c1-15-12(14)8-7-11(13)9-10-5-3-2-4-6-10/h2-8,11H,9,13H2,1H3/b8-7+/t11-/m1/s1. The lowest BCUT2D eigenvalue weighted by Gasteiger charge is -2.05. The molecule has 2 N–H and O–H groups in total. The summed E-state index contributed by atoms with van der Waals surface area (Å²) in [6, 6.07) is 9.74. The first-order valence-electron chi connectivity index (χ1n) is 4.78. The molecule has 0 aliphatic carbocycles. The Balaban J connectivity index is 2.46. The zero-order valence-electron chi connectivity index (χ0n) is 8.72. The van der Waals surface area contributed by atoms with Crippen molar-refractivity contribution in [1.82, 2.24) is 0 Å². The van der Waals surface area contributed by atoms with Crippen molar-refractivity contribution < 1.29 is 9.53 Å². The minimum atomic E-state index is -0.376. The molecule has 3 heteroatoms. The van der Waals surface area contributed by atoms with Crippen molar-refractivity contribution in [3.05, 3.63) is 48.0 Å². The number of nitrogens with two attached hydrogens (primary N) is 1. The van der Waals surface area contributed by atoms with Crippen molar-refractivity contribution in [3.63, 3.8) is 0 Å². The fraction of sp³-hybridized carbons (Fsp3) is 0.250. The van der Waals surface area contributed by atoms with E-state index < -0.39 is 0 Å². The van der Waals surface area contributed by atoms with Gasteiger partial charge in [0.1, 0.15) is 0 Å². The fourth-order valence-electron chi connectivity index (χ4n) is 1.22. The largest absolute Gasteiger partial charge is 0.466 e. The number of carbonyl (C=O) groups is 1. The van der Waals surface area contributed by atoms with Gasteiger partial charge in [-0.05, 0) is 12.0 Å². The van der Waals surface area contributed by atoms with Gasteiger partial charge in [0.05, 0.1) is 7.11 Å². The number of ether oxygens (including phenoxy) is 1. The molecule has 0 fully saturated rings. The fourth-order valence-corrected chi connectivity index (χ4v) is 1.22. The molecule has 1 rings (SSSR count). The SMILES string of the molecule is COC(=O)/C=C/[C@@H](N)Cc1ccccc1. The average Bonchev–Trinajstić information content (AvgIpc) is 2.27. The van der Waals surface area contributed by atoms with Crippen molar-refractivity contribution in [1.29, 1.82) is 0 Å². The molecule has 0 saturated heterocycles. The van der Waals surface area contributed by atoms with Gasteiger partial charge in [0.25, 0.3) is 0 Å². The third-order valence-electron chi connectivity index (χ3n) is 1.99. The molecule has 0 amide bonds. The number of hydrogen-bond acceptors (Lipinski definition) is 3. The van der Waals surface area contributed by atoms with Crippen LogP contribution in [0.15, 0.2) is 42.5 Å². The van der Waals surface area contributed by atoms with Crippen molar-refractivity contribution >= 4 is 5.97 Å². The molecule has 0 spiro atoms. The van der Waals surface area contributed by atoms with Crippen LogP contribution in [0.25, 0.3) is 0 Å². The molecule has 0 radical (unpaired) electrons. The van der Waals surface area contributed by atoms with E-state index in [0.717, 1.165) is 5.56 Å². The molecule has 0 aromatic heterocycles. The maximum atomic E-state index is 10.8. The lowest BCUT2D eigenvalue weighted by molar-refractivity contribution is -0.134. The first-order valence-corrected chi connectivity index (χ1v) is 4.78. The Morgan fingerprint density at radius 3 is 2.73 bits per heavy atom. The van der Waals surface area contributed by atoms with E-state index in [1.54, 1.807) is 6.08 Å². The Morgan fingerprint density at radius 2 is 2.13 bits per heavy atom. The molecule has 15 heavy (non-hydrogen) atoms. The molecule has 0 bridgehead atoms. The summed E-state index contributed by atoms with van der Waals surface area (Å²) in [5, 5.41) is 0. The molecule has 1 atom stereocenters. The van der Waals surface area contributed by atoms with Gasteiger partial charge in [0, 0.05) is 12.1 Å². The monoisotopic (exact) mass is 205 g/mol. The van der Waals surface area contributed by atoms with Crippen LogP contribution >= 0.6 is 0 Å². The number of benzene rings is 1. The maximum Gasteiger partial charge on any atom is 0.330 e. The van der Waals surface area contributed by atoms with E-state index in [1.807, 2.05) is 30.3 Å². The van der Waals surface area contributed by atoms with Crippen LogP contribution in [-0.2, 0) is 16.0 Å². The summed E-state index contributed by atoms with van der Waals surface area (Å²) in [4.78, 5) is 10.8. The van der Waals surface area contributed by atoms with Gasteiger partial charge in [-0.25, -0.2) is 4.79 Å². The van der Waals surface area contributed by atoms with Crippen LogP contribution in [0.3, 0.4) is 0 Å². The zero-order chi connectivity index (χ0) is 11.1. The van der Waals surface area contributed by atoms with Gasteiger partial charge in [0.2, 0.25) is 0 Å². The lowest BCUT2D eigenvalue weighted by Crippen LogP contribution is -2.20. The summed E-state index contributed by atoms with van der Waals surface area (Å²) in [7, 11) is 1.34. The summed E-state index contributed by atoms with van der Waals surface area (Å²) >= 11 is 0. The quantitative estimate of drug-likeness (QED) is 0.595. The van der Waals surface area contributed by atoms with E-state index >= 15 is 0 Å². The Hall–Kier alpha value is -1.61. The number of rotatable bonds is 4. The molecule has 0 aliphatic heterocycles. The van der Waals surface area contributed by atoms with Gasteiger partial charge >= 0.3 is 5.97 Å². The molecule has 0 heterocycles. The maximum absolute atomic E-state index is 10.8. The number of carbonyl (C=O) groups excluding carboxylic acids is 1. The summed E-state index contributed by atoms with van der Waals surface area (Å²) in [6.07, 6.45) is 3.72. The van der Waals surface area contributed by atoms with Gasteiger partial charge in [0.15, 0.2) is 0 Å². The van der Waals surface area contributed by atoms with Gasteiger partial charge in [-0.1, -0.05) is 36.4 Å². The van der Waals surface area contributed by atoms with Crippen LogP contribution in [0, 0.1) is 0 Å². The smallest absolute Gasteiger partial charge is 0.330 e. The predicted molar refractivity (Wildman–Crippen MR) is 59.3 cm³/mol. The summed E-state index contributed by atoms with van der Waals surface area (Å²) < 4.78 is 4.47. The highest BCUT2D eigenvalue weighted by Gasteiger charge is 2.00. The molecule has 3 nitrogen and oxygen atoms in total. The van der Waals surface area contributed by atoms with Crippen molar-refractivity contribution in [2.45, 2.75) is 12.5 Å². The van der Waals surface area contributed by atoms with Crippen molar-refractivity contribution in [3.8, 4) is 0 Å². The Morgan fingerprint density at radius 1 is 1.47 bits per heavy atom. The normalized spacial score (nSPS) is 12.7. The molecule has 80 valence electrons. The minimum absolute atomic E-state index is 0.161. The zero-order valence-corrected chi connectivity index (χ0v) is 8.72. The number of methoxy groups -OCH3 is 1. The molecule has 0 saturated carbocycles. The van der Waals surface area contributed by atoms with Crippen LogP contribution in [0.5, 0.6) is 0 Å². The van der Waals surface area contributed by atoms with E-state index in [-0.39, 0.29) is 12.0 Å². The van der Waals surface area contributed by atoms with Crippen LogP contribution in [0.2, 0.25) is 0 Å². The number of esters is 1. The summed E-state index contributed by atoms with van der Waals surface area (Å²) in [5.74, 6) is -0.376. The van der Waals surface area contributed by atoms with E-state index in [4.69, 9.17) is 5.73 Å². The molecule has 0 unspecified atom stereocenters. The van der Waals surface area contributed by atoms with E-state index in [2.05, 4.69) is 4.74 Å². The first kappa shape index (κ1) is 11.5. The molecule has 1 aromatic rings. The van der Waals surface area contributed by atoms with Crippen LogP contribution in [0.1, 0.15) is 5.56 Å². The Bertz CT molecular complexity index is 333. The average molecular weight is 205 g/mol. The van der Waals surface area contributed by atoms with E-state index in [0.29, 0.717) is 6.42 Å². The third-order valence-corrected chi connectivity index (χ3v) is 1.99.